The van der Waals surface area contributed by atoms with E-state index in [0.717, 1.165) is 18.2 Å². The van der Waals surface area contributed by atoms with Crippen LogP contribution in [0.1, 0.15) is 52.4 Å². The van der Waals surface area contributed by atoms with E-state index >= 15 is 0 Å². The Bertz CT molecular complexity index is 442. The van der Waals surface area contributed by atoms with E-state index in [9.17, 15) is 0 Å². The van der Waals surface area contributed by atoms with Gasteiger partial charge in [-0.3, -0.25) is 0 Å². The Morgan fingerprint density at radius 3 is 2.57 bits per heavy atom. The summed E-state index contributed by atoms with van der Waals surface area (Å²) >= 11 is 0. The van der Waals surface area contributed by atoms with Gasteiger partial charge in [0.2, 0.25) is 5.88 Å². The molecule has 2 rings (SSSR count). The monoisotopic (exact) mass is 291 g/mol. The molecular formula is C17H29N3O. The van der Waals surface area contributed by atoms with Crippen molar-refractivity contribution in [2.75, 3.05) is 24.3 Å². The zero-order valence-corrected chi connectivity index (χ0v) is 13.6. The molecule has 0 aliphatic heterocycles. The van der Waals surface area contributed by atoms with Crippen LogP contribution in [-0.4, -0.2) is 24.7 Å². The SMILES string of the molecule is CCCOc1nc(N(C)C2CCC(CC)CC2)ccc1N. The molecule has 118 valence electrons. The second-order valence-corrected chi connectivity index (χ2v) is 6.11. The Labute approximate surface area is 128 Å². The lowest BCUT2D eigenvalue weighted by Gasteiger charge is -2.35. The molecule has 1 fully saturated rings. The zero-order chi connectivity index (χ0) is 15.2. The fraction of sp³-hybridized carbons (Fsp3) is 0.706. The molecule has 0 aromatic carbocycles. The average Bonchev–Trinajstić information content (AvgIpc) is 2.53. The molecule has 1 aromatic rings. The van der Waals surface area contributed by atoms with Gasteiger partial charge in [0.05, 0.1) is 12.3 Å². The van der Waals surface area contributed by atoms with Crippen LogP contribution in [0, 0.1) is 5.92 Å². The van der Waals surface area contributed by atoms with Crippen LogP contribution in [0.5, 0.6) is 5.88 Å². The number of aromatic nitrogens is 1. The molecule has 0 amide bonds. The van der Waals surface area contributed by atoms with Crippen molar-refractivity contribution in [3.8, 4) is 5.88 Å². The van der Waals surface area contributed by atoms with E-state index in [1.165, 1.54) is 32.1 Å². The zero-order valence-electron chi connectivity index (χ0n) is 13.6. The Hall–Kier alpha value is -1.45. The van der Waals surface area contributed by atoms with Gasteiger partial charge in [-0.15, -0.1) is 0 Å². The molecule has 1 aromatic heterocycles. The molecular weight excluding hydrogens is 262 g/mol. The summed E-state index contributed by atoms with van der Waals surface area (Å²) in [6, 6.07) is 4.49. The predicted molar refractivity (Wildman–Crippen MR) is 88.9 cm³/mol. The molecule has 1 aliphatic rings. The maximum Gasteiger partial charge on any atom is 0.239 e. The van der Waals surface area contributed by atoms with Gasteiger partial charge in [-0.25, -0.2) is 0 Å². The molecule has 0 atom stereocenters. The van der Waals surface area contributed by atoms with Gasteiger partial charge in [0.15, 0.2) is 0 Å². The summed E-state index contributed by atoms with van der Waals surface area (Å²) in [6.45, 7) is 5.04. The molecule has 21 heavy (non-hydrogen) atoms. The summed E-state index contributed by atoms with van der Waals surface area (Å²) in [5.74, 6) is 2.45. The summed E-state index contributed by atoms with van der Waals surface area (Å²) in [5.41, 5.74) is 6.56. The number of nitrogens with zero attached hydrogens (tertiary/aromatic N) is 2. The third kappa shape index (κ3) is 4.02. The van der Waals surface area contributed by atoms with Crippen LogP contribution in [0.2, 0.25) is 0 Å². The summed E-state index contributed by atoms with van der Waals surface area (Å²) < 4.78 is 5.64. The van der Waals surface area contributed by atoms with Crippen LogP contribution in [-0.2, 0) is 0 Å². The minimum atomic E-state index is 0.573. The largest absolute Gasteiger partial charge is 0.476 e. The topological polar surface area (TPSA) is 51.4 Å². The molecule has 0 radical (unpaired) electrons. The highest BCUT2D eigenvalue weighted by atomic mass is 16.5. The van der Waals surface area contributed by atoms with Gasteiger partial charge in [-0.2, -0.15) is 4.98 Å². The summed E-state index contributed by atoms with van der Waals surface area (Å²) in [6.07, 6.45) is 7.45. The van der Waals surface area contributed by atoms with Crippen molar-refractivity contribution in [3.05, 3.63) is 12.1 Å². The first-order chi connectivity index (χ1) is 10.2. The van der Waals surface area contributed by atoms with Gasteiger partial charge in [0, 0.05) is 13.1 Å². The Morgan fingerprint density at radius 1 is 1.24 bits per heavy atom. The highest BCUT2D eigenvalue weighted by molar-refractivity contribution is 5.54. The van der Waals surface area contributed by atoms with E-state index in [0.29, 0.717) is 24.2 Å². The van der Waals surface area contributed by atoms with E-state index in [-0.39, 0.29) is 0 Å². The Balaban J connectivity index is 2.03. The molecule has 0 bridgehead atoms. The Kier molecular flexibility index (Phi) is 5.71. The van der Waals surface area contributed by atoms with Crippen LogP contribution in [0.25, 0.3) is 0 Å². The van der Waals surface area contributed by atoms with E-state index < -0.39 is 0 Å². The second-order valence-electron chi connectivity index (χ2n) is 6.11. The number of hydrogen-bond donors (Lipinski definition) is 1. The standard InChI is InChI=1S/C17H29N3O/c1-4-12-21-17-15(18)10-11-16(19-17)20(3)14-8-6-13(5-2)7-9-14/h10-11,13-14H,4-9,12,18H2,1-3H3. The summed E-state index contributed by atoms with van der Waals surface area (Å²) in [5, 5.41) is 0. The van der Waals surface area contributed by atoms with Crippen LogP contribution in [0.15, 0.2) is 12.1 Å². The van der Waals surface area contributed by atoms with E-state index in [1.807, 2.05) is 12.1 Å². The lowest BCUT2D eigenvalue weighted by atomic mass is 9.84. The van der Waals surface area contributed by atoms with Crippen molar-refractivity contribution in [1.29, 1.82) is 0 Å². The highest BCUT2D eigenvalue weighted by Gasteiger charge is 2.24. The highest BCUT2D eigenvalue weighted by Crippen LogP contribution is 2.32. The summed E-state index contributed by atoms with van der Waals surface area (Å²) in [7, 11) is 2.14. The quantitative estimate of drug-likeness (QED) is 0.864. The third-order valence-corrected chi connectivity index (χ3v) is 4.62. The van der Waals surface area contributed by atoms with Crippen molar-refractivity contribution in [2.24, 2.45) is 5.92 Å². The van der Waals surface area contributed by atoms with Crippen molar-refractivity contribution in [1.82, 2.24) is 4.98 Å². The fourth-order valence-electron chi connectivity index (χ4n) is 3.08. The number of nitrogen functional groups attached to an aromatic ring is 1. The number of ether oxygens (including phenoxy) is 1. The lowest BCUT2D eigenvalue weighted by molar-refractivity contribution is 0.303. The number of anilines is 2. The van der Waals surface area contributed by atoms with Crippen LogP contribution < -0.4 is 15.4 Å². The second kappa shape index (κ2) is 7.53. The fourth-order valence-corrected chi connectivity index (χ4v) is 3.08. The van der Waals surface area contributed by atoms with Crippen LogP contribution in [0.4, 0.5) is 11.5 Å². The molecule has 0 spiro atoms. The third-order valence-electron chi connectivity index (χ3n) is 4.62. The van der Waals surface area contributed by atoms with Crippen molar-refractivity contribution in [3.63, 3.8) is 0 Å². The number of nitrogens with two attached hydrogens (primary N) is 1. The van der Waals surface area contributed by atoms with Gasteiger partial charge in [0.1, 0.15) is 5.82 Å². The number of rotatable bonds is 6. The first-order valence-corrected chi connectivity index (χ1v) is 8.27. The van der Waals surface area contributed by atoms with Gasteiger partial charge in [-0.1, -0.05) is 20.3 Å². The van der Waals surface area contributed by atoms with Crippen molar-refractivity contribution in [2.45, 2.75) is 58.4 Å². The smallest absolute Gasteiger partial charge is 0.239 e. The molecule has 1 saturated carbocycles. The molecule has 2 N–H and O–H groups in total. The minimum Gasteiger partial charge on any atom is -0.476 e. The van der Waals surface area contributed by atoms with Gasteiger partial charge in [0.25, 0.3) is 0 Å². The van der Waals surface area contributed by atoms with Crippen LogP contribution in [0.3, 0.4) is 0 Å². The molecule has 4 heteroatoms. The molecule has 1 heterocycles. The van der Waals surface area contributed by atoms with Crippen LogP contribution >= 0.6 is 0 Å². The molecule has 1 aliphatic carbocycles. The van der Waals surface area contributed by atoms with E-state index in [1.54, 1.807) is 0 Å². The first kappa shape index (κ1) is 15.9. The average molecular weight is 291 g/mol. The minimum absolute atomic E-state index is 0.573. The van der Waals surface area contributed by atoms with Gasteiger partial charge in [-0.05, 0) is 50.2 Å². The van der Waals surface area contributed by atoms with E-state index in [4.69, 9.17) is 10.5 Å². The Morgan fingerprint density at radius 2 is 1.95 bits per heavy atom. The van der Waals surface area contributed by atoms with Crippen molar-refractivity contribution >= 4 is 11.5 Å². The van der Waals surface area contributed by atoms with Crippen molar-refractivity contribution < 1.29 is 4.74 Å². The molecule has 0 unspecified atom stereocenters. The normalized spacial score (nSPS) is 22.0. The maximum absolute atomic E-state index is 5.94. The van der Waals surface area contributed by atoms with Gasteiger partial charge < -0.3 is 15.4 Å². The number of hydrogen-bond acceptors (Lipinski definition) is 4. The van der Waals surface area contributed by atoms with Gasteiger partial charge >= 0.3 is 0 Å². The summed E-state index contributed by atoms with van der Waals surface area (Å²) in [4.78, 5) is 6.90. The predicted octanol–water partition coefficient (Wildman–Crippen LogP) is 3.86. The number of pyridine rings is 1. The van der Waals surface area contributed by atoms with E-state index in [2.05, 4.69) is 30.8 Å². The first-order valence-electron chi connectivity index (χ1n) is 8.27. The maximum atomic E-state index is 5.94. The lowest BCUT2D eigenvalue weighted by Crippen LogP contribution is -2.35. The molecule has 0 saturated heterocycles. The molecule has 4 nitrogen and oxygen atoms in total.